The van der Waals surface area contributed by atoms with Crippen LogP contribution in [0.15, 0.2) is 47.0 Å². The van der Waals surface area contributed by atoms with Crippen molar-refractivity contribution in [1.29, 1.82) is 0 Å². The van der Waals surface area contributed by atoms with Gasteiger partial charge in [0.2, 0.25) is 17.6 Å². The molecule has 1 amide bonds. The van der Waals surface area contributed by atoms with E-state index in [1.54, 1.807) is 19.1 Å². The zero-order valence-corrected chi connectivity index (χ0v) is 16.0. The second-order valence-corrected chi connectivity index (χ2v) is 6.56. The van der Waals surface area contributed by atoms with Gasteiger partial charge in [0.15, 0.2) is 0 Å². The lowest BCUT2D eigenvalue weighted by Crippen LogP contribution is -2.27. The second kappa shape index (κ2) is 8.03. The summed E-state index contributed by atoms with van der Waals surface area (Å²) in [5.74, 6) is 1.74. The summed E-state index contributed by atoms with van der Waals surface area (Å²) >= 11 is 0. The molecule has 0 fully saturated rings. The fourth-order valence-electron chi connectivity index (χ4n) is 2.90. The number of benzene rings is 2. The van der Waals surface area contributed by atoms with Crippen LogP contribution < -0.4 is 4.74 Å². The Hall–Kier alpha value is -3.15. The molecule has 27 heavy (non-hydrogen) atoms. The number of carbonyl (C=O) groups is 1. The first kappa shape index (κ1) is 18.6. The van der Waals surface area contributed by atoms with Gasteiger partial charge in [0, 0.05) is 12.6 Å². The third-order valence-electron chi connectivity index (χ3n) is 4.47. The summed E-state index contributed by atoms with van der Waals surface area (Å²) in [7, 11) is 3.37. The summed E-state index contributed by atoms with van der Waals surface area (Å²) in [6, 6.07) is 13.6. The summed E-state index contributed by atoms with van der Waals surface area (Å²) in [6.45, 7) is 4.23. The molecule has 0 unspecified atom stereocenters. The fourth-order valence-corrected chi connectivity index (χ4v) is 2.90. The highest BCUT2D eigenvalue weighted by molar-refractivity contribution is 5.78. The van der Waals surface area contributed by atoms with E-state index in [9.17, 15) is 4.79 Å². The molecular formula is C21H23N3O3. The largest absolute Gasteiger partial charge is 0.496 e. The topological polar surface area (TPSA) is 68.5 Å². The zero-order chi connectivity index (χ0) is 19.4. The number of hydrogen-bond acceptors (Lipinski definition) is 5. The Bertz CT molecular complexity index is 949. The summed E-state index contributed by atoms with van der Waals surface area (Å²) in [5, 5.41) is 4.04. The molecular weight excluding hydrogens is 342 g/mol. The first-order chi connectivity index (χ1) is 13.0. The van der Waals surface area contributed by atoms with E-state index in [0.717, 1.165) is 28.0 Å². The number of hydrogen-bond donors (Lipinski definition) is 0. The van der Waals surface area contributed by atoms with E-state index in [-0.39, 0.29) is 12.5 Å². The van der Waals surface area contributed by atoms with Crippen molar-refractivity contribution in [1.82, 2.24) is 15.0 Å². The van der Waals surface area contributed by atoms with Crippen LogP contribution in [0, 0.1) is 13.8 Å². The van der Waals surface area contributed by atoms with Crippen molar-refractivity contribution in [3.05, 3.63) is 65.0 Å². The Morgan fingerprint density at radius 1 is 1.15 bits per heavy atom. The highest BCUT2D eigenvalue weighted by Gasteiger charge is 2.16. The zero-order valence-electron chi connectivity index (χ0n) is 16.0. The predicted molar refractivity (Wildman–Crippen MR) is 102 cm³/mol. The van der Waals surface area contributed by atoms with Crippen molar-refractivity contribution in [2.24, 2.45) is 0 Å². The molecule has 0 atom stereocenters. The van der Waals surface area contributed by atoms with Crippen LogP contribution in [0.5, 0.6) is 5.75 Å². The number of likely N-dealkylation sites (N-methyl/N-ethyl adjacent to an activating group) is 1. The Morgan fingerprint density at radius 2 is 1.93 bits per heavy atom. The lowest BCUT2D eigenvalue weighted by molar-refractivity contribution is -0.130. The van der Waals surface area contributed by atoms with E-state index in [2.05, 4.69) is 10.1 Å². The molecule has 6 heteroatoms. The lowest BCUT2D eigenvalue weighted by Gasteiger charge is -2.15. The first-order valence-corrected chi connectivity index (χ1v) is 8.74. The number of amides is 1. The monoisotopic (exact) mass is 365 g/mol. The van der Waals surface area contributed by atoms with Crippen molar-refractivity contribution in [2.75, 3.05) is 14.2 Å². The summed E-state index contributed by atoms with van der Waals surface area (Å²) < 4.78 is 10.6. The molecule has 3 rings (SSSR count). The van der Waals surface area contributed by atoms with Crippen LogP contribution in [0.4, 0.5) is 0 Å². The van der Waals surface area contributed by atoms with Crippen molar-refractivity contribution >= 4 is 5.91 Å². The minimum absolute atomic E-state index is 0.0183. The molecule has 0 spiro atoms. The first-order valence-electron chi connectivity index (χ1n) is 8.74. The van der Waals surface area contributed by atoms with Gasteiger partial charge in [-0.3, -0.25) is 4.79 Å². The van der Waals surface area contributed by atoms with Crippen LogP contribution in [-0.4, -0.2) is 35.1 Å². The molecule has 1 aromatic heterocycles. The number of rotatable bonds is 6. The van der Waals surface area contributed by atoms with Crippen molar-refractivity contribution < 1.29 is 14.1 Å². The molecule has 0 aliphatic carbocycles. The number of carbonyl (C=O) groups excluding carboxylic acids is 1. The number of nitrogens with zero attached hydrogens (tertiary/aromatic N) is 3. The van der Waals surface area contributed by atoms with Crippen LogP contribution in [0.2, 0.25) is 0 Å². The molecule has 0 radical (unpaired) electrons. The number of ether oxygens (including phenoxy) is 1. The van der Waals surface area contributed by atoms with Gasteiger partial charge in [0.05, 0.1) is 20.1 Å². The maximum absolute atomic E-state index is 12.5. The van der Waals surface area contributed by atoms with Crippen LogP contribution in [0.25, 0.3) is 11.4 Å². The summed E-state index contributed by atoms with van der Waals surface area (Å²) in [4.78, 5) is 18.5. The Morgan fingerprint density at radius 3 is 2.63 bits per heavy atom. The second-order valence-electron chi connectivity index (χ2n) is 6.56. The lowest BCUT2D eigenvalue weighted by atomic mass is 10.1. The third kappa shape index (κ3) is 4.34. The summed E-state index contributed by atoms with van der Waals surface area (Å²) in [5.41, 5.74) is 3.95. The van der Waals surface area contributed by atoms with E-state index in [4.69, 9.17) is 9.26 Å². The van der Waals surface area contributed by atoms with Gasteiger partial charge in [-0.15, -0.1) is 0 Å². The molecule has 0 bridgehead atoms. The molecule has 140 valence electrons. The predicted octanol–water partition coefficient (Wildman–Crippen LogP) is 3.56. The third-order valence-corrected chi connectivity index (χ3v) is 4.47. The van der Waals surface area contributed by atoms with Gasteiger partial charge in [-0.25, -0.2) is 0 Å². The number of aromatic nitrogens is 2. The van der Waals surface area contributed by atoms with Crippen molar-refractivity contribution in [2.45, 2.75) is 26.8 Å². The SMILES string of the molecule is COc1ccc(CC(=O)N(C)Cc2nc(-c3ccccc3C)no2)cc1C. The van der Waals surface area contributed by atoms with E-state index in [1.165, 1.54) is 0 Å². The van der Waals surface area contributed by atoms with E-state index in [0.29, 0.717) is 18.1 Å². The smallest absolute Gasteiger partial charge is 0.246 e. The van der Waals surface area contributed by atoms with Crippen LogP contribution in [-0.2, 0) is 17.8 Å². The minimum Gasteiger partial charge on any atom is -0.496 e. The van der Waals surface area contributed by atoms with Crippen LogP contribution in [0.3, 0.4) is 0 Å². The van der Waals surface area contributed by atoms with Gasteiger partial charge in [0.25, 0.3) is 0 Å². The molecule has 0 N–H and O–H groups in total. The molecule has 3 aromatic rings. The summed E-state index contributed by atoms with van der Waals surface area (Å²) in [6.07, 6.45) is 0.306. The molecule has 0 saturated carbocycles. The van der Waals surface area contributed by atoms with E-state index < -0.39 is 0 Å². The van der Waals surface area contributed by atoms with Crippen molar-refractivity contribution in [3.63, 3.8) is 0 Å². The van der Waals surface area contributed by atoms with Gasteiger partial charge in [0.1, 0.15) is 5.75 Å². The molecule has 0 aliphatic rings. The van der Waals surface area contributed by atoms with Gasteiger partial charge < -0.3 is 14.2 Å². The average molecular weight is 365 g/mol. The van der Waals surface area contributed by atoms with Gasteiger partial charge >= 0.3 is 0 Å². The highest BCUT2D eigenvalue weighted by atomic mass is 16.5. The highest BCUT2D eigenvalue weighted by Crippen LogP contribution is 2.21. The number of aryl methyl sites for hydroxylation is 2. The molecule has 6 nitrogen and oxygen atoms in total. The minimum atomic E-state index is -0.0183. The van der Waals surface area contributed by atoms with E-state index >= 15 is 0 Å². The molecule has 2 aromatic carbocycles. The molecule has 1 heterocycles. The fraction of sp³-hybridized carbons (Fsp3) is 0.286. The Kier molecular flexibility index (Phi) is 5.54. The Labute approximate surface area is 158 Å². The average Bonchev–Trinajstić information content (AvgIpc) is 3.10. The molecule has 0 aliphatic heterocycles. The van der Waals surface area contributed by atoms with Gasteiger partial charge in [-0.1, -0.05) is 41.6 Å². The van der Waals surface area contributed by atoms with Crippen LogP contribution >= 0.6 is 0 Å². The standard InChI is InChI=1S/C21H23N3O3/c1-14-7-5-6-8-17(14)21-22-19(27-23-21)13-24(3)20(25)12-16-9-10-18(26-4)15(2)11-16/h5-11H,12-13H2,1-4H3. The Balaban J connectivity index is 1.65. The normalized spacial score (nSPS) is 10.7. The molecule has 0 saturated heterocycles. The maximum Gasteiger partial charge on any atom is 0.246 e. The maximum atomic E-state index is 12.5. The number of methoxy groups -OCH3 is 1. The quantitative estimate of drug-likeness (QED) is 0.668. The van der Waals surface area contributed by atoms with Gasteiger partial charge in [-0.05, 0) is 36.6 Å². The van der Waals surface area contributed by atoms with E-state index in [1.807, 2.05) is 56.3 Å². The van der Waals surface area contributed by atoms with Gasteiger partial charge in [-0.2, -0.15) is 4.98 Å². The van der Waals surface area contributed by atoms with Crippen LogP contribution in [0.1, 0.15) is 22.6 Å². The van der Waals surface area contributed by atoms with Crippen molar-refractivity contribution in [3.8, 4) is 17.1 Å².